The van der Waals surface area contributed by atoms with Crippen LogP contribution in [0.1, 0.15) is 6.92 Å². The number of fused-ring (bicyclic) bond motifs is 1. The first kappa shape index (κ1) is 16.4. The number of phenols is 1. The highest BCUT2D eigenvalue weighted by Gasteiger charge is 2.14. The molecule has 1 amide bonds. The molecule has 122 valence electrons. The van der Waals surface area contributed by atoms with Crippen molar-refractivity contribution < 1.29 is 9.90 Å². The van der Waals surface area contributed by atoms with Crippen molar-refractivity contribution in [1.82, 2.24) is 0 Å². The minimum atomic E-state index is -0.122. The molecule has 1 atom stereocenters. The van der Waals surface area contributed by atoms with Crippen LogP contribution in [-0.2, 0) is 4.79 Å². The molecule has 0 saturated heterocycles. The zero-order chi connectivity index (χ0) is 16.9. The first-order valence-corrected chi connectivity index (χ1v) is 8.82. The minimum Gasteiger partial charge on any atom is -0.508 e. The van der Waals surface area contributed by atoms with E-state index < -0.39 is 0 Å². The van der Waals surface area contributed by atoms with Gasteiger partial charge in [0, 0.05) is 27.6 Å². The molecule has 0 bridgehead atoms. The second kappa shape index (κ2) is 7.41. The SMILES string of the molecule is CC(CSc1ccc(O)cc1)C(=O)Nc1cccc2ccccc12. The van der Waals surface area contributed by atoms with Crippen molar-refractivity contribution >= 4 is 34.1 Å². The van der Waals surface area contributed by atoms with Gasteiger partial charge in [0.25, 0.3) is 0 Å². The zero-order valence-electron chi connectivity index (χ0n) is 13.4. The van der Waals surface area contributed by atoms with E-state index >= 15 is 0 Å². The zero-order valence-corrected chi connectivity index (χ0v) is 14.2. The second-order valence-corrected chi connectivity index (χ2v) is 6.82. The monoisotopic (exact) mass is 337 g/mol. The summed E-state index contributed by atoms with van der Waals surface area (Å²) < 4.78 is 0. The van der Waals surface area contributed by atoms with Crippen molar-refractivity contribution in [2.75, 3.05) is 11.1 Å². The fourth-order valence-electron chi connectivity index (χ4n) is 2.43. The van der Waals surface area contributed by atoms with Crippen LogP contribution in [0.5, 0.6) is 5.75 Å². The summed E-state index contributed by atoms with van der Waals surface area (Å²) in [6.07, 6.45) is 0. The van der Waals surface area contributed by atoms with E-state index in [2.05, 4.69) is 5.32 Å². The number of aromatic hydroxyl groups is 1. The van der Waals surface area contributed by atoms with Crippen LogP contribution in [0.25, 0.3) is 10.8 Å². The van der Waals surface area contributed by atoms with Crippen molar-refractivity contribution in [2.24, 2.45) is 5.92 Å². The predicted octanol–water partition coefficient (Wildman–Crippen LogP) is 4.91. The minimum absolute atomic E-state index is 0.0117. The third-order valence-corrected chi connectivity index (χ3v) is 5.10. The van der Waals surface area contributed by atoms with E-state index in [9.17, 15) is 9.90 Å². The average Bonchev–Trinajstić information content (AvgIpc) is 2.61. The van der Waals surface area contributed by atoms with Gasteiger partial charge in [-0.15, -0.1) is 11.8 Å². The number of carbonyl (C=O) groups excluding carboxylic acids is 1. The number of rotatable bonds is 5. The van der Waals surface area contributed by atoms with Gasteiger partial charge < -0.3 is 10.4 Å². The molecular weight excluding hydrogens is 318 g/mol. The van der Waals surface area contributed by atoms with Gasteiger partial charge in [-0.1, -0.05) is 43.3 Å². The summed E-state index contributed by atoms with van der Waals surface area (Å²) in [7, 11) is 0. The molecule has 3 aromatic rings. The molecular formula is C20H19NO2S. The second-order valence-electron chi connectivity index (χ2n) is 5.72. The van der Waals surface area contributed by atoms with Crippen LogP contribution in [0.15, 0.2) is 71.6 Å². The number of nitrogens with one attached hydrogen (secondary N) is 1. The van der Waals surface area contributed by atoms with E-state index in [-0.39, 0.29) is 17.6 Å². The Morgan fingerprint density at radius 2 is 1.75 bits per heavy atom. The summed E-state index contributed by atoms with van der Waals surface area (Å²) in [5, 5.41) is 14.5. The molecule has 0 saturated carbocycles. The highest BCUT2D eigenvalue weighted by atomic mass is 32.2. The van der Waals surface area contributed by atoms with E-state index in [1.807, 2.05) is 61.5 Å². The van der Waals surface area contributed by atoms with Crippen LogP contribution in [0.2, 0.25) is 0 Å². The number of hydrogen-bond acceptors (Lipinski definition) is 3. The van der Waals surface area contributed by atoms with Crippen LogP contribution < -0.4 is 5.32 Å². The van der Waals surface area contributed by atoms with E-state index in [0.29, 0.717) is 5.75 Å². The van der Waals surface area contributed by atoms with Crippen LogP contribution in [0.4, 0.5) is 5.69 Å². The molecule has 3 rings (SSSR count). The number of anilines is 1. The van der Waals surface area contributed by atoms with Gasteiger partial charge in [-0.25, -0.2) is 0 Å². The van der Waals surface area contributed by atoms with E-state index in [1.165, 1.54) is 0 Å². The van der Waals surface area contributed by atoms with E-state index in [1.54, 1.807) is 23.9 Å². The molecule has 4 heteroatoms. The lowest BCUT2D eigenvalue weighted by Gasteiger charge is -2.13. The molecule has 0 heterocycles. The third-order valence-electron chi connectivity index (χ3n) is 3.83. The Morgan fingerprint density at radius 3 is 2.54 bits per heavy atom. The number of carbonyl (C=O) groups is 1. The Bertz CT molecular complexity index is 840. The summed E-state index contributed by atoms with van der Waals surface area (Å²) in [5.74, 6) is 0.822. The topological polar surface area (TPSA) is 49.3 Å². The molecule has 2 N–H and O–H groups in total. The first-order chi connectivity index (χ1) is 11.6. The van der Waals surface area contributed by atoms with Crippen LogP contribution >= 0.6 is 11.8 Å². The maximum Gasteiger partial charge on any atom is 0.228 e. The molecule has 24 heavy (non-hydrogen) atoms. The fraction of sp³-hybridized carbons (Fsp3) is 0.150. The van der Waals surface area contributed by atoms with Gasteiger partial charge in [-0.2, -0.15) is 0 Å². The number of hydrogen-bond donors (Lipinski definition) is 2. The lowest BCUT2D eigenvalue weighted by Crippen LogP contribution is -2.22. The average molecular weight is 337 g/mol. The molecule has 0 spiro atoms. The molecule has 3 nitrogen and oxygen atoms in total. The molecule has 0 aromatic heterocycles. The summed E-state index contributed by atoms with van der Waals surface area (Å²) in [6.45, 7) is 1.92. The lowest BCUT2D eigenvalue weighted by molar-refractivity contribution is -0.118. The highest BCUT2D eigenvalue weighted by molar-refractivity contribution is 7.99. The van der Waals surface area contributed by atoms with Crippen molar-refractivity contribution in [3.63, 3.8) is 0 Å². The summed E-state index contributed by atoms with van der Waals surface area (Å²) in [5.41, 5.74) is 0.847. The summed E-state index contributed by atoms with van der Waals surface area (Å²) in [4.78, 5) is 13.5. The Morgan fingerprint density at radius 1 is 1.04 bits per heavy atom. The van der Waals surface area contributed by atoms with Gasteiger partial charge in [0.1, 0.15) is 5.75 Å². The molecule has 0 aliphatic carbocycles. The molecule has 0 aliphatic heterocycles. The van der Waals surface area contributed by atoms with Crippen LogP contribution in [0, 0.1) is 5.92 Å². The van der Waals surface area contributed by atoms with Gasteiger partial charge >= 0.3 is 0 Å². The Labute approximate surface area is 145 Å². The number of phenolic OH excluding ortho intramolecular Hbond substituents is 1. The molecule has 1 unspecified atom stereocenters. The van der Waals surface area contributed by atoms with Crippen molar-refractivity contribution in [3.05, 3.63) is 66.7 Å². The maximum absolute atomic E-state index is 12.5. The van der Waals surface area contributed by atoms with E-state index in [4.69, 9.17) is 0 Å². The normalized spacial score (nSPS) is 12.0. The third kappa shape index (κ3) is 3.89. The fourth-order valence-corrected chi connectivity index (χ4v) is 3.35. The first-order valence-electron chi connectivity index (χ1n) is 7.84. The number of amides is 1. The molecule has 0 fully saturated rings. The van der Waals surface area contributed by atoms with Gasteiger partial charge in [0.2, 0.25) is 5.91 Å². The van der Waals surface area contributed by atoms with Gasteiger partial charge in [-0.05, 0) is 35.7 Å². The van der Waals surface area contributed by atoms with Crippen molar-refractivity contribution in [3.8, 4) is 5.75 Å². The number of thioether (sulfide) groups is 1. The maximum atomic E-state index is 12.5. The quantitative estimate of drug-likeness (QED) is 0.650. The number of benzene rings is 3. The molecule has 3 aromatic carbocycles. The van der Waals surface area contributed by atoms with Gasteiger partial charge in [0.15, 0.2) is 0 Å². The van der Waals surface area contributed by atoms with Gasteiger partial charge in [-0.3, -0.25) is 4.79 Å². The molecule has 0 radical (unpaired) electrons. The van der Waals surface area contributed by atoms with E-state index in [0.717, 1.165) is 21.4 Å². The Hall–Kier alpha value is -2.46. The Kier molecular flexibility index (Phi) is 5.06. The summed E-state index contributed by atoms with van der Waals surface area (Å²) in [6, 6.07) is 21.0. The summed E-state index contributed by atoms with van der Waals surface area (Å²) >= 11 is 1.61. The van der Waals surface area contributed by atoms with Gasteiger partial charge in [0.05, 0.1) is 0 Å². The van der Waals surface area contributed by atoms with Crippen LogP contribution in [-0.4, -0.2) is 16.8 Å². The van der Waals surface area contributed by atoms with Crippen molar-refractivity contribution in [2.45, 2.75) is 11.8 Å². The largest absolute Gasteiger partial charge is 0.508 e. The van der Waals surface area contributed by atoms with Crippen molar-refractivity contribution in [1.29, 1.82) is 0 Å². The standard InChI is InChI=1S/C20H19NO2S/c1-14(13-24-17-11-9-16(22)10-12-17)20(23)21-19-8-4-6-15-5-2-3-7-18(15)19/h2-12,14,22H,13H2,1H3,(H,21,23). The highest BCUT2D eigenvalue weighted by Crippen LogP contribution is 2.26. The Balaban J connectivity index is 1.64. The smallest absolute Gasteiger partial charge is 0.228 e. The van der Waals surface area contributed by atoms with Crippen LogP contribution in [0.3, 0.4) is 0 Å². The lowest BCUT2D eigenvalue weighted by atomic mass is 10.1. The predicted molar refractivity (Wildman–Crippen MR) is 101 cm³/mol. The molecule has 0 aliphatic rings.